The van der Waals surface area contributed by atoms with Crippen molar-refractivity contribution in [3.05, 3.63) is 29.6 Å². The summed E-state index contributed by atoms with van der Waals surface area (Å²) in [7, 11) is 0. The number of pyridine rings is 1. The van der Waals surface area contributed by atoms with Gasteiger partial charge in [-0.05, 0) is 26.0 Å². The molecular weight excluding hydrogens is 180 g/mol. The van der Waals surface area contributed by atoms with E-state index in [4.69, 9.17) is 10.00 Å². The van der Waals surface area contributed by atoms with E-state index < -0.39 is 5.97 Å². The molecule has 0 atom stereocenters. The molecule has 0 aliphatic rings. The second-order valence-corrected chi connectivity index (χ2v) is 3.00. The molecule has 1 aromatic heterocycles. The Balaban J connectivity index is 2.86. The highest BCUT2D eigenvalue weighted by molar-refractivity contribution is 5.89. The van der Waals surface area contributed by atoms with Crippen LogP contribution < -0.4 is 0 Å². The molecule has 0 spiro atoms. The molecule has 4 nitrogen and oxygen atoms in total. The van der Waals surface area contributed by atoms with E-state index in [1.165, 1.54) is 18.3 Å². The van der Waals surface area contributed by atoms with Crippen LogP contribution in [0.15, 0.2) is 18.3 Å². The van der Waals surface area contributed by atoms with Crippen molar-refractivity contribution in [3.63, 3.8) is 0 Å². The third-order valence-corrected chi connectivity index (χ3v) is 1.45. The molecule has 14 heavy (non-hydrogen) atoms. The second kappa shape index (κ2) is 4.38. The van der Waals surface area contributed by atoms with Crippen molar-refractivity contribution >= 4 is 5.97 Å². The number of nitriles is 1. The van der Waals surface area contributed by atoms with Gasteiger partial charge in [-0.3, -0.25) is 0 Å². The minimum Gasteiger partial charge on any atom is -0.459 e. The average Bonchev–Trinajstić information content (AvgIpc) is 2.17. The van der Waals surface area contributed by atoms with Gasteiger partial charge in [0.2, 0.25) is 0 Å². The van der Waals surface area contributed by atoms with Gasteiger partial charge in [0.15, 0.2) is 0 Å². The highest BCUT2D eigenvalue weighted by Gasteiger charge is 2.09. The molecule has 0 N–H and O–H groups in total. The zero-order valence-corrected chi connectivity index (χ0v) is 8.02. The molecule has 0 saturated heterocycles. The number of hydrogen-bond acceptors (Lipinski definition) is 4. The second-order valence-electron chi connectivity index (χ2n) is 3.00. The van der Waals surface area contributed by atoms with Gasteiger partial charge in [0.25, 0.3) is 0 Å². The number of aromatic nitrogens is 1. The van der Waals surface area contributed by atoms with Gasteiger partial charge in [-0.1, -0.05) is 0 Å². The monoisotopic (exact) mass is 190 g/mol. The molecule has 1 aromatic rings. The summed E-state index contributed by atoms with van der Waals surface area (Å²) in [6.07, 6.45) is 1.25. The maximum atomic E-state index is 11.4. The molecule has 0 saturated carbocycles. The van der Waals surface area contributed by atoms with E-state index in [1.54, 1.807) is 13.8 Å². The van der Waals surface area contributed by atoms with Crippen LogP contribution in [0.3, 0.4) is 0 Å². The van der Waals surface area contributed by atoms with Gasteiger partial charge in [-0.15, -0.1) is 0 Å². The van der Waals surface area contributed by atoms with Crippen molar-refractivity contribution < 1.29 is 9.53 Å². The van der Waals surface area contributed by atoms with Gasteiger partial charge in [-0.2, -0.15) is 5.26 Å². The Morgan fingerprint density at radius 3 is 2.93 bits per heavy atom. The quantitative estimate of drug-likeness (QED) is 0.663. The zero-order chi connectivity index (χ0) is 10.6. The standard InChI is InChI=1S/C10H10N2O2/c1-7(2)14-10(13)8-3-4-12-9(5-8)6-11/h3-5,7H,1-2H3. The average molecular weight is 190 g/mol. The van der Waals surface area contributed by atoms with Crippen LogP contribution in [0.4, 0.5) is 0 Å². The number of carbonyl (C=O) groups is 1. The topological polar surface area (TPSA) is 63.0 Å². The van der Waals surface area contributed by atoms with E-state index in [-0.39, 0.29) is 11.8 Å². The van der Waals surface area contributed by atoms with E-state index in [0.717, 1.165) is 0 Å². The van der Waals surface area contributed by atoms with Crippen LogP contribution in [0.5, 0.6) is 0 Å². The lowest BCUT2D eigenvalue weighted by Gasteiger charge is -2.07. The summed E-state index contributed by atoms with van der Waals surface area (Å²) in [4.78, 5) is 15.1. The smallest absolute Gasteiger partial charge is 0.338 e. The van der Waals surface area contributed by atoms with Gasteiger partial charge in [0.05, 0.1) is 11.7 Å². The fourth-order valence-corrected chi connectivity index (χ4v) is 0.901. The Morgan fingerprint density at radius 1 is 1.64 bits per heavy atom. The molecule has 0 unspecified atom stereocenters. The number of nitrogens with zero attached hydrogens (tertiary/aromatic N) is 2. The van der Waals surface area contributed by atoms with Gasteiger partial charge >= 0.3 is 5.97 Å². The number of carbonyl (C=O) groups excluding carboxylic acids is 1. The highest BCUT2D eigenvalue weighted by atomic mass is 16.5. The Bertz CT molecular complexity index is 380. The summed E-state index contributed by atoms with van der Waals surface area (Å²) in [6.45, 7) is 3.54. The number of esters is 1. The van der Waals surface area contributed by atoms with E-state index in [0.29, 0.717) is 5.56 Å². The molecule has 0 bridgehead atoms. The summed E-state index contributed by atoms with van der Waals surface area (Å²) < 4.78 is 4.96. The number of ether oxygens (including phenoxy) is 1. The molecule has 0 aliphatic heterocycles. The van der Waals surface area contributed by atoms with Crippen molar-refractivity contribution in [2.24, 2.45) is 0 Å². The third kappa shape index (κ3) is 2.56. The van der Waals surface area contributed by atoms with Gasteiger partial charge in [-0.25, -0.2) is 9.78 Å². The van der Waals surface area contributed by atoms with Crippen molar-refractivity contribution in [3.8, 4) is 6.07 Å². The Morgan fingerprint density at radius 2 is 2.36 bits per heavy atom. The summed E-state index contributed by atoms with van der Waals surface area (Å²) in [5.74, 6) is -0.432. The van der Waals surface area contributed by atoms with Gasteiger partial charge in [0.1, 0.15) is 11.8 Å². The van der Waals surface area contributed by atoms with Crippen LogP contribution in [0.2, 0.25) is 0 Å². The molecule has 0 fully saturated rings. The lowest BCUT2D eigenvalue weighted by molar-refractivity contribution is 0.0377. The minimum absolute atomic E-state index is 0.166. The van der Waals surface area contributed by atoms with Crippen LogP contribution >= 0.6 is 0 Å². The fraction of sp³-hybridized carbons (Fsp3) is 0.300. The van der Waals surface area contributed by atoms with E-state index in [1.807, 2.05) is 6.07 Å². The van der Waals surface area contributed by atoms with Crippen molar-refractivity contribution in [2.45, 2.75) is 20.0 Å². The van der Waals surface area contributed by atoms with Crippen molar-refractivity contribution in [1.29, 1.82) is 5.26 Å². The van der Waals surface area contributed by atoms with E-state index >= 15 is 0 Å². The van der Waals surface area contributed by atoms with Gasteiger partial charge in [0, 0.05) is 6.20 Å². The summed E-state index contributed by atoms with van der Waals surface area (Å²) in [5, 5.41) is 8.56. The molecule has 1 heterocycles. The maximum Gasteiger partial charge on any atom is 0.338 e. The lowest BCUT2D eigenvalue weighted by atomic mass is 10.2. The van der Waals surface area contributed by atoms with Crippen molar-refractivity contribution in [1.82, 2.24) is 4.98 Å². The zero-order valence-electron chi connectivity index (χ0n) is 8.02. The first kappa shape index (κ1) is 10.2. The van der Waals surface area contributed by atoms with Gasteiger partial charge < -0.3 is 4.74 Å². The molecule has 1 rings (SSSR count). The first-order valence-electron chi connectivity index (χ1n) is 4.20. The lowest BCUT2D eigenvalue weighted by Crippen LogP contribution is -2.11. The maximum absolute atomic E-state index is 11.4. The highest BCUT2D eigenvalue weighted by Crippen LogP contribution is 2.04. The Labute approximate surface area is 82.1 Å². The first-order valence-corrected chi connectivity index (χ1v) is 4.20. The normalized spacial score (nSPS) is 9.57. The summed E-state index contributed by atoms with van der Waals surface area (Å²) in [6, 6.07) is 4.78. The SMILES string of the molecule is CC(C)OC(=O)c1ccnc(C#N)c1. The molecule has 0 aromatic carbocycles. The largest absolute Gasteiger partial charge is 0.459 e. The molecule has 72 valence electrons. The first-order chi connectivity index (χ1) is 6.63. The fourth-order valence-electron chi connectivity index (χ4n) is 0.901. The van der Waals surface area contributed by atoms with Crippen LogP contribution in [0, 0.1) is 11.3 Å². The molecular formula is C10H10N2O2. The minimum atomic E-state index is -0.432. The number of rotatable bonds is 2. The van der Waals surface area contributed by atoms with E-state index in [2.05, 4.69) is 4.98 Å². The molecule has 0 radical (unpaired) electrons. The Kier molecular flexibility index (Phi) is 3.19. The van der Waals surface area contributed by atoms with Crippen LogP contribution in [0.1, 0.15) is 29.9 Å². The predicted octanol–water partition coefficient (Wildman–Crippen LogP) is 1.52. The van der Waals surface area contributed by atoms with Crippen LogP contribution in [-0.4, -0.2) is 17.1 Å². The van der Waals surface area contributed by atoms with Crippen LogP contribution in [-0.2, 0) is 4.74 Å². The van der Waals surface area contributed by atoms with Crippen LogP contribution in [0.25, 0.3) is 0 Å². The molecule has 0 amide bonds. The third-order valence-electron chi connectivity index (χ3n) is 1.45. The van der Waals surface area contributed by atoms with E-state index in [9.17, 15) is 4.79 Å². The summed E-state index contributed by atoms with van der Waals surface area (Å²) >= 11 is 0. The summed E-state index contributed by atoms with van der Waals surface area (Å²) in [5.41, 5.74) is 0.563. The predicted molar refractivity (Wildman–Crippen MR) is 49.5 cm³/mol. The van der Waals surface area contributed by atoms with Crippen molar-refractivity contribution in [2.75, 3.05) is 0 Å². The Hall–Kier alpha value is -1.89. The molecule has 4 heteroatoms. The number of hydrogen-bond donors (Lipinski definition) is 0. The molecule has 0 aliphatic carbocycles.